The minimum absolute atomic E-state index is 0.333. The molecule has 0 saturated carbocycles. The molecule has 1 heterocycles. The van der Waals surface area contributed by atoms with E-state index in [1.54, 1.807) is 0 Å². The summed E-state index contributed by atoms with van der Waals surface area (Å²) in [5.74, 6) is 0.595. The van der Waals surface area contributed by atoms with Gasteiger partial charge in [0.1, 0.15) is 6.23 Å². The predicted octanol–water partition coefficient (Wildman–Crippen LogP) is 2.10. The van der Waals surface area contributed by atoms with Crippen molar-refractivity contribution >= 4 is 0 Å². The number of hydrogen-bond donors (Lipinski definition) is 0. The van der Waals surface area contributed by atoms with Gasteiger partial charge in [-0.15, -0.1) is 0 Å². The van der Waals surface area contributed by atoms with Gasteiger partial charge in [0.25, 0.3) is 0 Å². The number of ether oxygens (including phenoxy) is 1. The van der Waals surface area contributed by atoms with E-state index in [9.17, 15) is 0 Å². The van der Waals surface area contributed by atoms with Crippen molar-refractivity contribution in [3.8, 4) is 0 Å². The molecule has 1 fully saturated rings. The van der Waals surface area contributed by atoms with Crippen molar-refractivity contribution < 1.29 is 4.74 Å². The molecular weight excluding hydrogens is 150 g/mol. The molecule has 0 radical (unpaired) electrons. The van der Waals surface area contributed by atoms with Crippen LogP contribution in [0, 0.1) is 5.92 Å². The van der Waals surface area contributed by atoms with Crippen LogP contribution in [0.4, 0.5) is 0 Å². The van der Waals surface area contributed by atoms with Gasteiger partial charge in [-0.05, 0) is 26.7 Å². The molecule has 2 nitrogen and oxygen atoms in total. The molecule has 2 atom stereocenters. The van der Waals surface area contributed by atoms with Crippen LogP contribution in [0.15, 0.2) is 0 Å². The molecule has 1 aliphatic heterocycles. The monoisotopic (exact) mass is 171 g/mol. The molecule has 0 spiro atoms. The van der Waals surface area contributed by atoms with Gasteiger partial charge in [-0.3, -0.25) is 4.90 Å². The van der Waals surface area contributed by atoms with Gasteiger partial charge in [-0.25, -0.2) is 0 Å². The smallest absolute Gasteiger partial charge is 0.113 e. The van der Waals surface area contributed by atoms with Crippen molar-refractivity contribution in [2.24, 2.45) is 5.92 Å². The average Bonchev–Trinajstić information content (AvgIpc) is 2.31. The van der Waals surface area contributed by atoms with E-state index < -0.39 is 0 Å². The van der Waals surface area contributed by atoms with Crippen molar-refractivity contribution in [1.82, 2.24) is 4.90 Å². The van der Waals surface area contributed by atoms with Gasteiger partial charge in [0.15, 0.2) is 0 Å². The second-order valence-corrected chi connectivity index (χ2v) is 4.37. The van der Waals surface area contributed by atoms with Gasteiger partial charge in [0.05, 0.1) is 6.10 Å². The van der Waals surface area contributed by atoms with Gasteiger partial charge in [-0.2, -0.15) is 0 Å². The van der Waals surface area contributed by atoms with Gasteiger partial charge in [-0.1, -0.05) is 13.8 Å². The minimum Gasteiger partial charge on any atom is -0.359 e. The summed E-state index contributed by atoms with van der Waals surface area (Å²) in [6.45, 7) is 12.1. The van der Waals surface area contributed by atoms with E-state index in [0.717, 1.165) is 6.54 Å². The summed E-state index contributed by atoms with van der Waals surface area (Å²) in [5.41, 5.74) is 0. The highest BCUT2D eigenvalue weighted by Gasteiger charge is 2.33. The predicted molar refractivity (Wildman–Crippen MR) is 51.0 cm³/mol. The van der Waals surface area contributed by atoms with E-state index in [1.165, 1.54) is 0 Å². The fourth-order valence-corrected chi connectivity index (χ4v) is 1.80. The van der Waals surface area contributed by atoms with E-state index in [4.69, 9.17) is 4.74 Å². The Morgan fingerprint density at radius 1 is 1.25 bits per heavy atom. The minimum atomic E-state index is 0.333. The number of nitrogens with zero attached hydrogens (tertiary/aromatic N) is 1. The highest BCUT2D eigenvalue weighted by atomic mass is 16.5. The third kappa shape index (κ3) is 1.99. The fraction of sp³-hybridized carbons (Fsp3) is 1.00. The Labute approximate surface area is 75.9 Å². The molecular formula is C10H21NO. The Balaban J connectivity index is 2.59. The second-order valence-electron chi connectivity index (χ2n) is 4.37. The van der Waals surface area contributed by atoms with E-state index in [1.807, 2.05) is 0 Å². The zero-order valence-corrected chi connectivity index (χ0v) is 8.87. The van der Waals surface area contributed by atoms with Gasteiger partial charge in [0.2, 0.25) is 0 Å². The summed E-state index contributed by atoms with van der Waals surface area (Å²) in [4.78, 5) is 2.44. The number of rotatable bonds is 2. The van der Waals surface area contributed by atoms with Crippen LogP contribution in [0.3, 0.4) is 0 Å². The first kappa shape index (κ1) is 10.0. The Hall–Kier alpha value is -0.0800. The molecule has 1 unspecified atom stereocenters. The normalized spacial score (nSPS) is 32.2. The van der Waals surface area contributed by atoms with Crippen LogP contribution < -0.4 is 0 Å². The van der Waals surface area contributed by atoms with E-state index >= 15 is 0 Å². The lowest BCUT2D eigenvalue weighted by atomic mass is 10.1. The first-order valence-electron chi connectivity index (χ1n) is 4.93. The SMILES string of the molecule is CC1CN(C(C)C)[C@H](C(C)C)O1. The molecule has 12 heavy (non-hydrogen) atoms. The second kappa shape index (κ2) is 3.75. The van der Waals surface area contributed by atoms with Crippen LogP contribution in [0.5, 0.6) is 0 Å². The lowest BCUT2D eigenvalue weighted by Gasteiger charge is -2.28. The van der Waals surface area contributed by atoms with Gasteiger partial charge < -0.3 is 4.74 Å². The average molecular weight is 171 g/mol. The van der Waals surface area contributed by atoms with E-state index in [0.29, 0.717) is 24.3 Å². The summed E-state index contributed by atoms with van der Waals surface area (Å²) in [6.07, 6.45) is 0.736. The van der Waals surface area contributed by atoms with Crippen molar-refractivity contribution in [3.05, 3.63) is 0 Å². The zero-order valence-electron chi connectivity index (χ0n) is 8.87. The Bertz CT molecular complexity index is 129. The molecule has 2 heteroatoms. The largest absolute Gasteiger partial charge is 0.359 e. The van der Waals surface area contributed by atoms with E-state index in [2.05, 4.69) is 39.5 Å². The standard InChI is InChI=1S/C10H21NO/c1-7(2)10-11(8(3)4)6-9(5)12-10/h7-10H,6H2,1-5H3/t9?,10-/m0/s1. The maximum atomic E-state index is 5.82. The summed E-state index contributed by atoms with van der Waals surface area (Å²) in [7, 11) is 0. The molecule has 0 aliphatic carbocycles. The first-order chi connectivity index (χ1) is 5.52. The highest BCUT2D eigenvalue weighted by molar-refractivity contribution is 4.79. The molecule has 0 N–H and O–H groups in total. The molecule has 0 aromatic heterocycles. The molecule has 0 aromatic rings. The van der Waals surface area contributed by atoms with E-state index in [-0.39, 0.29) is 0 Å². The zero-order chi connectivity index (χ0) is 9.30. The topological polar surface area (TPSA) is 12.5 Å². The van der Waals surface area contributed by atoms with Gasteiger partial charge >= 0.3 is 0 Å². The lowest BCUT2D eigenvalue weighted by Crippen LogP contribution is -2.39. The van der Waals surface area contributed by atoms with Crippen molar-refractivity contribution in [2.75, 3.05) is 6.54 Å². The van der Waals surface area contributed by atoms with Crippen molar-refractivity contribution in [1.29, 1.82) is 0 Å². The summed E-state index contributed by atoms with van der Waals surface area (Å²) >= 11 is 0. The molecule has 1 aliphatic rings. The third-order valence-electron chi connectivity index (χ3n) is 2.40. The van der Waals surface area contributed by atoms with Crippen LogP contribution in [-0.4, -0.2) is 29.8 Å². The fourth-order valence-electron chi connectivity index (χ4n) is 1.80. The van der Waals surface area contributed by atoms with Crippen molar-refractivity contribution in [2.45, 2.75) is 53.0 Å². The Kier molecular flexibility index (Phi) is 3.13. The molecule has 0 amide bonds. The highest BCUT2D eigenvalue weighted by Crippen LogP contribution is 2.23. The Morgan fingerprint density at radius 3 is 2.17 bits per heavy atom. The van der Waals surface area contributed by atoms with Crippen LogP contribution in [-0.2, 0) is 4.74 Å². The first-order valence-corrected chi connectivity index (χ1v) is 4.93. The van der Waals surface area contributed by atoms with Crippen molar-refractivity contribution in [3.63, 3.8) is 0 Å². The molecule has 0 bridgehead atoms. The maximum Gasteiger partial charge on any atom is 0.113 e. The van der Waals surface area contributed by atoms with Crippen LogP contribution in [0.25, 0.3) is 0 Å². The molecule has 1 rings (SSSR count). The summed E-state index contributed by atoms with van der Waals surface area (Å²) < 4.78 is 5.82. The molecule has 0 aromatic carbocycles. The summed E-state index contributed by atoms with van der Waals surface area (Å²) in [6, 6.07) is 0.599. The van der Waals surface area contributed by atoms with Crippen LogP contribution in [0.2, 0.25) is 0 Å². The maximum absolute atomic E-state index is 5.82. The van der Waals surface area contributed by atoms with Crippen LogP contribution in [0.1, 0.15) is 34.6 Å². The quantitative estimate of drug-likeness (QED) is 0.631. The molecule has 72 valence electrons. The summed E-state index contributed by atoms with van der Waals surface area (Å²) in [5, 5.41) is 0. The Morgan fingerprint density at radius 2 is 1.83 bits per heavy atom. The third-order valence-corrected chi connectivity index (χ3v) is 2.40. The number of hydrogen-bond acceptors (Lipinski definition) is 2. The molecule has 1 saturated heterocycles. The van der Waals surface area contributed by atoms with Crippen LogP contribution >= 0.6 is 0 Å². The lowest BCUT2D eigenvalue weighted by molar-refractivity contribution is -0.0347. The van der Waals surface area contributed by atoms with Gasteiger partial charge in [0, 0.05) is 12.6 Å².